The number of hydrogen-bond donors (Lipinski definition) is 2. The van der Waals surface area contributed by atoms with Crippen molar-refractivity contribution in [3.05, 3.63) is 47.0 Å². The molecule has 5 aliphatic rings. The third-order valence-corrected chi connectivity index (χ3v) is 11.7. The molecule has 4 saturated carbocycles. The van der Waals surface area contributed by atoms with E-state index in [-0.39, 0.29) is 40.1 Å². The molecule has 0 saturated heterocycles. The standard InChI is InChI=1S/C31H41ClN2O2/c1-29-18-14-24-22(10-13-26-30(24,2)19-15-27(35)33-26)23(29)11-12-25(29)28(36)34-31(16-4-3-5-17-31)20-6-8-21(32)9-7-20/h6-9,15,19,22-26H,3-5,10-14,16-18H2,1-2H3,(H,33,35)(H,34,36)/t22-,23-,24+,25?,26?,29-,30+/m0/s1. The van der Waals surface area contributed by atoms with Gasteiger partial charge in [0.05, 0.1) is 5.54 Å². The van der Waals surface area contributed by atoms with E-state index in [0.717, 1.165) is 62.8 Å². The number of nitrogens with one attached hydrogen (secondary N) is 2. The fraction of sp³-hybridized carbons (Fsp3) is 0.677. The first-order chi connectivity index (χ1) is 17.3. The van der Waals surface area contributed by atoms with Gasteiger partial charge in [0.1, 0.15) is 0 Å². The highest BCUT2D eigenvalue weighted by atomic mass is 35.5. The van der Waals surface area contributed by atoms with Crippen molar-refractivity contribution in [1.29, 1.82) is 0 Å². The lowest BCUT2D eigenvalue weighted by Crippen LogP contribution is -2.60. The first-order valence-electron chi connectivity index (χ1n) is 14.3. The Kier molecular flexibility index (Phi) is 6.06. The van der Waals surface area contributed by atoms with Crippen LogP contribution >= 0.6 is 11.6 Å². The lowest BCUT2D eigenvalue weighted by atomic mass is 9.48. The van der Waals surface area contributed by atoms with E-state index in [4.69, 9.17) is 11.6 Å². The van der Waals surface area contributed by atoms with Crippen LogP contribution in [0, 0.1) is 34.5 Å². The quantitative estimate of drug-likeness (QED) is 0.487. The Hall–Kier alpha value is -1.81. The average Bonchev–Trinajstić information content (AvgIpc) is 3.23. The van der Waals surface area contributed by atoms with E-state index in [1.807, 2.05) is 12.1 Å². The maximum absolute atomic E-state index is 14.1. The summed E-state index contributed by atoms with van der Waals surface area (Å²) in [6, 6.07) is 8.42. The van der Waals surface area contributed by atoms with E-state index in [0.29, 0.717) is 17.8 Å². The maximum atomic E-state index is 14.1. The SMILES string of the molecule is C[C@]12C=CC(=O)NC1CC[C@@H]1[C@H]2CC[C@]2(C)C(C(=O)NC3(c4ccc(Cl)cc4)CCCCC3)CC[C@@H]12. The van der Waals surface area contributed by atoms with Crippen molar-refractivity contribution in [2.45, 2.75) is 96.1 Å². The summed E-state index contributed by atoms with van der Waals surface area (Å²) in [7, 11) is 0. The summed E-state index contributed by atoms with van der Waals surface area (Å²) in [6.45, 7) is 4.79. The highest BCUT2D eigenvalue weighted by Gasteiger charge is 2.61. The Morgan fingerprint density at radius 2 is 1.69 bits per heavy atom. The third-order valence-electron chi connectivity index (χ3n) is 11.5. The molecule has 4 fully saturated rings. The Bertz CT molecular complexity index is 1060. The molecule has 5 heteroatoms. The van der Waals surface area contributed by atoms with E-state index in [2.05, 4.69) is 42.7 Å². The minimum Gasteiger partial charge on any atom is -0.349 e. The molecular weight excluding hydrogens is 468 g/mol. The highest BCUT2D eigenvalue weighted by molar-refractivity contribution is 6.30. The number of amides is 2. The molecule has 7 atom stereocenters. The summed E-state index contributed by atoms with van der Waals surface area (Å²) in [6.07, 6.45) is 16.2. The summed E-state index contributed by atoms with van der Waals surface area (Å²) in [5.41, 5.74) is 1.05. The van der Waals surface area contributed by atoms with Crippen molar-refractivity contribution < 1.29 is 9.59 Å². The predicted molar refractivity (Wildman–Crippen MR) is 143 cm³/mol. The molecule has 4 aliphatic carbocycles. The number of benzene rings is 1. The first kappa shape index (κ1) is 24.5. The summed E-state index contributed by atoms with van der Waals surface area (Å²) >= 11 is 6.20. The third kappa shape index (κ3) is 3.77. The number of carbonyl (C=O) groups is 2. The highest BCUT2D eigenvalue weighted by Crippen LogP contribution is 2.65. The van der Waals surface area contributed by atoms with E-state index in [1.54, 1.807) is 6.08 Å². The van der Waals surface area contributed by atoms with Crippen LogP contribution in [0.15, 0.2) is 36.4 Å². The Balaban J connectivity index is 1.24. The van der Waals surface area contributed by atoms with Gasteiger partial charge in [0, 0.05) is 22.4 Å². The Labute approximate surface area is 221 Å². The molecule has 6 rings (SSSR count). The topological polar surface area (TPSA) is 58.2 Å². The lowest BCUT2D eigenvalue weighted by Gasteiger charge is -2.58. The van der Waals surface area contributed by atoms with Gasteiger partial charge in [0.15, 0.2) is 0 Å². The van der Waals surface area contributed by atoms with Crippen LogP contribution in [-0.4, -0.2) is 17.9 Å². The van der Waals surface area contributed by atoms with Gasteiger partial charge in [-0.2, -0.15) is 0 Å². The van der Waals surface area contributed by atoms with Gasteiger partial charge in [-0.15, -0.1) is 0 Å². The molecule has 0 radical (unpaired) electrons. The second-order valence-corrected chi connectivity index (χ2v) is 13.5. The fourth-order valence-corrected chi connectivity index (χ4v) is 9.62. The number of carbonyl (C=O) groups excluding carboxylic acids is 2. The number of fused-ring (bicyclic) bond motifs is 5. The van der Waals surface area contributed by atoms with E-state index in [1.165, 1.54) is 18.4 Å². The van der Waals surface area contributed by atoms with Crippen molar-refractivity contribution in [3.63, 3.8) is 0 Å². The van der Waals surface area contributed by atoms with Crippen molar-refractivity contribution in [2.24, 2.45) is 34.5 Å². The molecule has 1 aromatic rings. The van der Waals surface area contributed by atoms with Gasteiger partial charge in [-0.1, -0.05) is 62.9 Å². The molecule has 1 heterocycles. The van der Waals surface area contributed by atoms with Crippen molar-refractivity contribution in [3.8, 4) is 0 Å². The summed E-state index contributed by atoms with van der Waals surface area (Å²) in [4.78, 5) is 26.1. The summed E-state index contributed by atoms with van der Waals surface area (Å²) < 4.78 is 0. The molecular formula is C31H41ClN2O2. The van der Waals surface area contributed by atoms with Gasteiger partial charge >= 0.3 is 0 Å². The van der Waals surface area contributed by atoms with Crippen molar-refractivity contribution in [1.82, 2.24) is 10.6 Å². The fourth-order valence-electron chi connectivity index (χ4n) is 9.50. The van der Waals surface area contributed by atoms with Crippen LogP contribution < -0.4 is 10.6 Å². The van der Waals surface area contributed by atoms with Gasteiger partial charge < -0.3 is 10.6 Å². The van der Waals surface area contributed by atoms with Crippen LogP contribution in [0.2, 0.25) is 5.02 Å². The van der Waals surface area contributed by atoms with Gasteiger partial charge in [0.25, 0.3) is 0 Å². The monoisotopic (exact) mass is 508 g/mol. The van der Waals surface area contributed by atoms with Gasteiger partial charge in [0.2, 0.25) is 11.8 Å². The summed E-state index contributed by atoms with van der Waals surface area (Å²) in [5, 5.41) is 7.66. The van der Waals surface area contributed by atoms with Crippen LogP contribution in [0.1, 0.15) is 90.0 Å². The first-order valence-corrected chi connectivity index (χ1v) is 14.7. The van der Waals surface area contributed by atoms with E-state index in [9.17, 15) is 9.59 Å². The van der Waals surface area contributed by atoms with Crippen LogP contribution in [0.25, 0.3) is 0 Å². The normalized spacial score (nSPS) is 41.0. The second-order valence-electron chi connectivity index (χ2n) is 13.0. The molecule has 1 aliphatic heterocycles. The largest absolute Gasteiger partial charge is 0.349 e. The molecule has 2 amide bonds. The van der Waals surface area contributed by atoms with E-state index < -0.39 is 0 Å². The smallest absolute Gasteiger partial charge is 0.243 e. The number of halogens is 1. The van der Waals surface area contributed by atoms with Crippen molar-refractivity contribution >= 4 is 23.4 Å². The Morgan fingerprint density at radius 1 is 0.944 bits per heavy atom. The van der Waals surface area contributed by atoms with Gasteiger partial charge in [-0.05, 0) is 98.3 Å². The van der Waals surface area contributed by atoms with Crippen LogP contribution in [0.5, 0.6) is 0 Å². The molecule has 0 spiro atoms. The van der Waals surface area contributed by atoms with Crippen molar-refractivity contribution in [2.75, 3.05) is 0 Å². The molecule has 0 bridgehead atoms. The molecule has 194 valence electrons. The average molecular weight is 509 g/mol. The predicted octanol–water partition coefficient (Wildman–Crippen LogP) is 6.53. The zero-order chi connectivity index (χ0) is 25.1. The van der Waals surface area contributed by atoms with Crippen LogP contribution in [0.4, 0.5) is 0 Å². The minimum atomic E-state index is -0.262. The molecule has 0 aromatic heterocycles. The molecule has 36 heavy (non-hydrogen) atoms. The zero-order valence-electron chi connectivity index (χ0n) is 21.8. The second kappa shape index (κ2) is 8.89. The maximum Gasteiger partial charge on any atom is 0.243 e. The summed E-state index contributed by atoms with van der Waals surface area (Å²) in [5.74, 6) is 2.25. The van der Waals surface area contributed by atoms with Crippen LogP contribution in [0.3, 0.4) is 0 Å². The molecule has 2 unspecified atom stereocenters. The molecule has 2 N–H and O–H groups in total. The Morgan fingerprint density at radius 3 is 2.44 bits per heavy atom. The lowest BCUT2D eigenvalue weighted by molar-refractivity contribution is -0.136. The number of hydrogen-bond acceptors (Lipinski definition) is 2. The number of rotatable bonds is 3. The van der Waals surface area contributed by atoms with E-state index >= 15 is 0 Å². The molecule has 4 nitrogen and oxygen atoms in total. The minimum absolute atomic E-state index is 0.0409. The molecule has 1 aromatic carbocycles. The van der Waals surface area contributed by atoms with Crippen LogP contribution in [-0.2, 0) is 15.1 Å². The van der Waals surface area contributed by atoms with Gasteiger partial charge in [-0.25, -0.2) is 0 Å². The van der Waals surface area contributed by atoms with Gasteiger partial charge in [-0.3, -0.25) is 9.59 Å². The zero-order valence-corrected chi connectivity index (χ0v) is 22.6.